The van der Waals surface area contributed by atoms with Crippen LogP contribution < -0.4 is 5.73 Å². The molecule has 0 spiro atoms. The van der Waals surface area contributed by atoms with E-state index in [1.807, 2.05) is 6.08 Å². The van der Waals surface area contributed by atoms with Gasteiger partial charge in [0.15, 0.2) is 0 Å². The second-order valence-corrected chi connectivity index (χ2v) is 3.14. The van der Waals surface area contributed by atoms with Gasteiger partial charge in [0.25, 0.3) is 0 Å². The minimum Gasteiger partial charge on any atom is -0.378 e. The Labute approximate surface area is 68.4 Å². The van der Waals surface area contributed by atoms with Crippen LogP contribution in [0.15, 0.2) is 12.7 Å². The summed E-state index contributed by atoms with van der Waals surface area (Å²) in [7, 11) is 0. The zero-order chi connectivity index (χ0) is 8.10. The van der Waals surface area contributed by atoms with E-state index in [9.17, 15) is 0 Å². The van der Waals surface area contributed by atoms with Gasteiger partial charge in [-0.1, -0.05) is 6.08 Å². The molecular weight excluding hydrogens is 138 g/mol. The predicted octanol–water partition coefficient (Wildman–Crippen LogP) is 1.46. The van der Waals surface area contributed by atoms with E-state index in [1.165, 1.54) is 0 Å². The van der Waals surface area contributed by atoms with Crippen molar-refractivity contribution < 1.29 is 4.74 Å². The molecule has 2 unspecified atom stereocenters. The third kappa shape index (κ3) is 3.04. The van der Waals surface area contributed by atoms with E-state index in [1.54, 1.807) is 0 Å². The Morgan fingerprint density at radius 1 is 1.55 bits per heavy atom. The molecule has 0 amide bonds. The number of nitrogens with two attached hydrogens (primary N) is 1. The highest BCUT2D eigenvalue weighted by atomic mass is 16.5. The summed E-state index contributed by atoms with van der Waals surface area (Å²) in [5, 5.41) is 0. The molecule has 1 fully saturated rings. The number of rotatable bonds is 4. The predicted molar refractivity (Wildman–Crippen MR) is 46.4 cm³/mol. The van der Waals surface area contributed by atoms with Gasteiger partial charge < -0.3 is 10.5 Å². The third-order valence-electron chi connectivity index (χ3n) is 2.10. The second-order valence-electron chi connectivity index (χ2n) is 3.14. The van der Waals surface area contributed by atoms with Crippen LogP contribution >= 0.6 is 0 Å². The molecule has 1 aliphatic carbocycles. The van der Waals surface area contributed by atoms with E-state index < -0.39 is 0 Å². The van der Waals surface area contributed by atoms with Crippen LogP contribution in [-0.2, 0) is 4.74 Å². The molecule has 1 saturated carbocycles. The normalized spacial score (nSPS) is 30.6. The van der Waals surface area contributed by atoms with Gasteiger partial charge in [-0.05, 0) is 25.7 Å². The zero-order valence-electron chi connectivity index (χ0n) is 6.96. The lowest BCUT2D eigenvalue weighted by Crippen LogP contribution is -2.17. The van der Waals surface area contributed by atoms with E-state index in [-0.39, 0.29) is 0 Å². The third-order valence-corrected chi connectivity index (χ3v) is 2.10. The first-order valence-corrected chi connectivity index (χ1v) is 4.31. The summed E-state index contributed by atoms with van der Waals surface area (Å²) in [6.45, 7) is 4.44. The first kappa shape index (κ1) is 8.75. The van der Waals surface area contributed by atoms with E-state index in [4.69, 9.17) is 10.5 Å². The molecule has 0 heterocycles. The minimum absolute atomic E-state index is 0.378. The van der Waals surface area contributed by atoms with Gasteiger partial charge in [0.1, 0.15) is 0 Å². The second kappa shape index (κ2) is 4.52. The maximum absolute atomic E-state index is 5.73. The van der Waals surface area contributed by atoms with Gasteiger partial charge >= 0.3 is 0 Å². The Kier molecular flexibility index (Phi) is 3.60. The maximum Gasteiger partial charge on any atom is 0.0590 e. The van der Waals surface area contributed by atoms with Crippen molar-refractivity contribution in [3.63, 3.8) is 0 Å². The Hall–Kier alpha value is -0.340. The summed E-state index contributed by atoms with van der Waals surface area (Å²) in [6.07, 6.45) is 6.56. The van der Waals surface area contributed by atoms with Crippen LogP contribution in [0.25, 0.3) is 0 Å². The molecule has 2 nitrogen and oxygen atoms in total. The Balaban J connectivity index is 2.03. The fourth-order valence-corrected chi connectivity index (χ4v) is 1.44. The van der Waals surface area contributed by atoms with Crippen molar-refractivity contribution in [2.45, 2.75) is 37.8 Å². The first-order valence-electron chi connectivity index (χ1n) is 4.31. The van der Waals surface area contributed by atoms with Crippen LogP contribution in [0, 0.1) is 0 Å². The molecule has 2 N–H and O–H groups in total. The lowest BCUT2D eigenvalue weighted by atomic mass is 10.3. The molecule has 2 heteroatoms. The molecule has 1 aliphatic rings. The van der Waals surface area contributed by atoms with Crippen molar-refractivity contribution in [3.05, 3.63) is 12.7 Å². The molecule has 0 saturated heterocycles. The van der Waals surface area contributed by atoms with E-state index in [2.05, 4.69) is 6.58 Å². The molecule has 1 rings (SSSR count). The van der Waals surface area contributed by atoms with Crippen molar-refractivity contribution in [2.75, 3.05) is 6.61 Å². The zero-order valence-corrected chi connectivity index (χ0v) is 6.96. The van der Waals surface area contributed by atoms with Crippen molar-refractivity contribution >= 4 is 0 Å². The smallest absolute Gasteiger partial charge is 0.0590 e. The highest BCUT2D eigenvalue weighted by Crippen LogP contribution is 2.20. The minimum atomic E-state index is 0.378. The van der Waals surface area contributed by atoms with Crippen molar-refractivity contribution in [3.8, 4) is 0 Å². The van der Waals surface area contributed by atoms with Crippen LogP contribution in [0.4, 0.5) is 0 Å². The summed E-state index contributed by atoms with van der Waals surface area (Å²) >= 11 is 0. The standard InChI is InChI=1S/C9H17NO/c1-2-3-6-11-9-5-4-8(10)7-9/h2,8-9H,1,3-7,10H2. The lowest BCUT2D eigenvalue weighted by Gasteiger charge is -2.09. The van der Waals surface area contributed by atoms with Crippen LogP contribution in [0.5, 0.6) is 0 Å². The summed E-state index contributed by atoms with van der Waals surface area (Å²) in [5.74, 6) is 0. The van der Waals surface area contributed by atoms with Gasteiger partial charge in [0.2, 0.25) is 0 Å². The average molecular weight is 155 g/mol. The monoisotopic (exact) mass is 155 g/mol. The molecule has 0 bridgehead atoms. The Morgan fingerprint density at radius 3 is 2.91 bits per heavy atom. The van der Waals surface area contributed by atoms with Gasteiger partial charge in [-0.3, -0.25) is 0 Å². The molecule has 11 heavy (non-hydrogen) atoms. The molecular formula is C9H17NO. The molecule has 2 atom stereocenters. The molecule has 0 aromatic carbocycles. The summed E-state index contributed by atoms with van der Waals surface area (Å²) in [6, 6.07) is 0.378. The number of hydrogen-bond acceptors (Lipinski definition) is 2. The van der Waals surface area contributed by atoms with Gasteiger partial charge in [0.05, 0.1) is 12.7 Å². The van der Waals surface area contributed by atoms with Gasteiger partial charge in [-0.2, -0.15) is 0 Å². The fourth-order valence-electron chi connectivity index (χ4n) is 1.44. The lowest BCUT2D eigenvalue weighted by molar-refractivity contribution is 0.0609. The van der Waals surface area contributed by atoms with Crippen LogP contribution in [0.3, 0.4) is 0 Å². The highest BCUT2D eigenvalue weighted by Gasteiger charge is 2.21. The van der Waals surface area contributed by atoms with Crippen LogP contribution in [0.2, 0.25) is 0 Å². The molecule has 0 aromatic rings. The quantitative estimate of drug-likeness (QED) is 0.492. The van der Waals surface area contributed by atoms with Gasteiger partial charge in [0, 0.05) is 6.04 Å². The Morgan fingerprint density at radius 2 is 2.36 bits per heavy atom. The molecule has 0 aliphatic heterocycles. The molecule has 0 aromatic heterocycles. The molecule has 64 valence electrons. The van der Waals surface area contributed by atoms with Crippen molar-refractivity contribution in [1.29, 1.82) is 0 Å². The van der Waals surface area contributed by atoms with Gasteiger partial charge in [-0.15, -0.1) is 6.58 Å². The number of ether oxygens (including phenoxy) is 1. The largest absolute Gasteiger partial charge is 0.378 e. The van der Waals surface area contributed by atoms with Crippen LogP contribution in [-0.4, -0.2) is 18.8 Å². The highest BCUT2D eigenvalue weighted by molar-refractivity contribution is 4.78. The van der Waals surface area contributed by atoms with Crippen LogP contribution in [0.1, 0.15) is 25.7 Å². The van der Waals surface area contributed by atoms with Gasteiger partial charge in [-0.25, -0.2) is 0 Å². The average Bonchev–Trinajstić information content (AvgIpc) is 2.37. The summed E-state index contributed by atoms with van der Waals surface area (Å²) in [5.41, 5.74) is 5.73. The SMILES string of the molecule is C=CCCOC1CCC(N)C1. The first-order chi connectivity index (χ1) is 5.33. The van der Waals surface area contributed by atoms with Crippen molar-refractivity contribution in [1.82, 2.24) is 0 Å². The molecule has 0 radical (unpaired) electrons. The Bertz CT molecular complexity index is 125. The summed E-state index contributed by atoms with van der Waals surface area (Å²) in [4.78, 5) is 0. The van der Waals surface area contributed by atoms with E-state index >= 15 is 0 Å². The van der Waals surface area contributed by atoms with E-state index in [0.29, 0.717) is 12.1 Å². The summed E-state index contributed by atoms with van der Waals surface area (Å²) < 4.78 is 5.56. The number of hydrogen-bond donors (Lipinski definition) is 1. The topological polar surface area (TPSA) is 35.2 Å². The van der Waals surface area contributed by atoms with E-state index in [0.717, 1.165) is 32.3 Å². The fraction of sp³-hybridized carbons (Fsp3) is 0.778. The maximum atomic E-state index is 5.73. The van der Waals surface area contributed by atoms with Crippen molar-refractivity contribution in [2.24, 2.45) is 5.73 Å².